The van der Waals surface area contributed by atoms with Crippen LogP contribution in [0.2, 0.25) is 0 Å². The van der Waals surface area contributed by atoms with E-state index in [2.05, 4.69) is 33.2 Å². The molecule has 4 heteroatoms. The molecule has 2 N–H and O–H groups in total. The maximum atomic E-state index is 11.4. The lowest BCUT2D eigenvalue weighted by atomic mass is 10.2. The largest absolute Gasteiger partial charge is 0.336 e. The van der Waals surface area contributed by atoms with Gasteiger partial charge >= 0.3 is 6.03 Å². The third-order valence-electron chi connectivity index (χ3n) is 1.86. The summed E-state index contributed by atoms with van der Waals surface area (Å²) in [7, 11) is 0. The molecule has 0 aliphatic heterocycles. The normalized spacial score (nSPS) is 10.2. The van der Waals surface area contributed by atoms with Crippen molar-refractivity contribution >= 4 is 34.3 Å². The number of carbonyl (C=O) groups excluding carboxylic acids is 1. The Morgan fingerprint density at radius 3 is 2.60 bits per heavy atom. The number of rotatable bonds is 2. The molecule has 0 saturated carbocycles. The molecular formula is C11H15IN2O. The molecule has 2 amide bonds. The van der Waals surface area contributed by atoms with Crippen LogP contribution in [-0.4, -0.2) is 12.1 Å². The van der Waals surface area contributed by atoms with Gasteiger partial charge in [0.05, 0.1) is 0 Å². The van der Waals surface area contributed by atoms with Crippen LogP contribution in [0.4, 0.5) is 10.5 Å². The Bertz CT molecular complexity index is 364. The van der Waals surface area contributed by atoms with Gasteiger partial charge in [-0.05, 0) is 67.1 Å². The lowest BCUT2D eigenvalue weighted by Gasteiger charge is -2.12. The fraction of sp³-hybridized carbons (Fsp3) is 0.364. The zero-order chi connectivity index (χ0) is 11.4. The fourth-order valence-electron chi connectivity index (χ4n) is 1.19. The van der Waals surface area contributed by atoms with Crippen LogP contribution in [-0.2, 0) is 0 Å². The molecule has 0 aromatic heterocycles. The molecule has 0 atom stereocenters. The Labute approximate surface area is 104 Å². The smallest absolute Gasteiger partial charge is 0.319 e. The van der Waals surface area contributed by atoms with Gasteiger partial charge < -0.3 is 10.6 Å². The standard InChI is InChI=1S/C11H15IN2O/c1-7(2)13-11(15)14-10-5-4-9(12)6-8(10)3/h4-7H,1-3H3,(H2,13,14,15). The van der Waals surface area contributed by atoms with E-state index >= 15 is 0 Å². The number of hydrogen-bond donors (Lipinski definition) is 2. The van der Waals surface area contributed by atoms with Crippen molar-refractivity contribution in [1.29, 1.82) is 0 Å². The van der Waals surface area contributed by atoms with E-state index in [0.717, 1.165) is 11.3 Å². The molecule has 0 fully saturated rings. The van der Waals surface area contributed by atoms with Crippen molar-refractivity contribution in [1.82, 2.24) is 5.32 Å². The van der Waals surface area contributed by atoms with Crippen LogP contribution in [0.1, 0.15) is 19.4 Å². The summed E-state index contributed by atoms with van der Waals surface area (Å²) >= 11 is 2.25. The lowest BCUT2D eigenvalue weighted by Crippen LogP contribution is -2.34. The second kappa shape index (κ2) is 5.34. The highest BCUT2D eigenvalue weighted by Crippen LogP contribution is 2.17. The van der Waals surface area contributed by atoms with Crippen molar-refractivity contribution in [3.05, 3.63) is 27.3 Å². The van der Waals surface area contributed by atoms with Crippen LogP contribution >= 0.6 is 22.6 Å². The van der Waals surface area contributed by atoms with Crippen molar-refractivity contribution in [2.45, 2.75) is 26.8 Å². The number of amides is 2. The minimum absolute atomic E-state index is 0.147. The van der Waals surface area contributed by atoms with Crippen LogP contribution in [0.15, 0.2) is 18.2 Å². The number of urea groups is 1. The van der Waals surface area contributed by atoms with Gasteiger partial charge in [-0.1, -0.05) is 0 Å². The van der Waals surface area contributed by atoms with Gasteiger partial charge in [0.15, 0.2) is 0 Å². The van der Waals surface area contributed by atoms with Gasteiger partial charge in [0.2, 0.25) is 0 Å². The summed E-state index contributed by atoms with van der Waals surface area (Å²) in [6.07, 6.45) is 0. The molecule has 0 bridgehead atoms. The van der Waals surface area contributed by atoms with Gasteiger partial charge in [0.25, 0.3) is 0 Å². The number of anilines is 1. The zero-order valence-corrected chi connectivity index (χ0v) is 11.3. The molecule has 0 spiro atoms. The van der Waals surface area contributed by atoms with Gasteiger partial charge in [0, 0.05) is 15.3 Å². The summed E-state index contributed by atoms with van der Waals surface area (Å²) in [5, 5.41) is 5.60. The third kappa shape index (κ3) is 4.07. The second-order valence-corrected chi connectivity index (χ2v) is 4.96. The number of hydrogen-bond acceptors (Lipinski definition) is 1. The quantitative estimate of drug-likeness (QED) is 0.808. The predicted molar refractivity (Wildman–Crippen MR) is 71.2 cm³/mol. The zero-order valence-electron chi connectivity index (χ0n) is 9.10. The highest BCUT2D eigenvalue weighted by Gasteiger charge is 2.05. The van der Waals surface area contributed by atoms with Crippen molar-refractivity contribution < 1.29 is 4.79 Å². The first-order valence-electron chi connectivity index (χ1n) is 4.82. The summed E-state index contributed by atoms with van der Waals surface area (Å²) in [6.45, 7) is 5.84. The van der Waals surface area contributed by atoms with Crippen LogP contribution in [0, 0.1) is 10.5 Å². The molecule has 1 aromatic rings. The van der Waals surface area contributed by atoms with Crippen molar-refractivity contribution in [2.75, 3.05) is 5.32 Å². The van der Waals surface area contributed by atoms with Crippen molar-refractivity contribution in [2.24, 2.45) is 0 Å². The van der Waals surface area contributed by atoms with E-state index < -0.39 is 0 Å². The second-order valence-electron chi connectivity index (χ2n) is 3.71. The fourth-order valence-corrected chi connectivity index (χ4v) is 1.83. The maximum absolute atomic E-state index is 11.4. The average Bonchev–Trinajstić information content (AvgIpc) is 2.08. The SMILES string of the molecule is Cc1cc(I)ccc1NC(=O)NC(C)C. The molecule has 0 unspecified atom stereocenters. The molecule has 0 heterocycles. The molecule has 1 rings (SSSR count). The highest BCUT2D eigenvalue weighted by atomic mass is 127. The van der Waals surface area contributed by atoms with E-state index in [9.17, 15) is 4.79 Å². The van der Waals surface area contributed by atoms with Crippen molar-refractivity contribution in [3.63, 3.8) is 0 Å². The number of carbonyl (C=O) groups is 1. The first kappa shape index (κ1) is 12.3. The van der Waals surface area contributed by atoms with Crippen molar-refractivity contribution in [3.8, 4) is 0 Å². The first-order valence-corrected chi connectivity index (χ1v) is 5.90. The summed E-state index contributed by atoms with van der Waals surface area (Å²) < 4.78 is 1.17. The summed E-state index contributed by atoms with van der Waals surface area (Å²) in [5.41, 5.74) is 1.93. The van der Waals surface area contributed by atoms with Gasteiger partial charge in [-0.15, -0.1) is 0 Å². The molecule has 0 aliphatic rings. The first-order chi connectivity index (χ1) is 6.99. The van der Waals surface area contributed by atoms with Gasteiger partial charge in [-0.25, -0.2) is 4.79 Å². The summed E-state index contributed by atoms with van der Waals surface area (Å²) in [5.74, 6) is 0. The summed E-state index contributed by atoms with van der Waals surface area (Å²) in [4.78, 5) is 11.4. The maximum Gasteiger partial charge on any atom is 0.319 e. The van der Waals surface area contributed by atoms with Crippen LogP contribution in [0.3, 0.4) is 0 Å². The molecule has 0 saturated heterocycles. The summed E-state index contributed by atoms with van der Waals surface area (Å²) in [6, 6.07) is 5.91. The third-order valence-corrected chi connectivity index (χ3v) is 2.53. The Morgan fingerprint density at radius 2 is 2.07 bits per heavy atom. The highest BCUT2D eigenvalue weighted by molar-refractivity contribution is 14.1. The molecule has 82 valence electrons. The van der Waals surface area contributed by atoms with E-state index in [1.807, 2.05) is 39.0 Å². The molecule has 1 aromatic carbocycles. The minimum atomic E-state index is -0.158. The van der Waals surface area contributed by atoms with Crippen LogP contribution in [0.25, 0.3) is 0 Å². The number of benzene rings is 1. The Morgan fingerprint density at radius 1 is 1.40 bits per heavy atom. The Kier molecular flexibility index (Phi) is 4.38. The van der Waals surface area contributed by atoms with Gasteiger partial charge in [-0.2, -0.15) is 0 Å². The van der Waals surface area contributed by atoms with Gasteiger partial charge in [0.1, 0.15) is 0 Å². The average molecular weight is 318 g/mol. The molecule has 3 nitrogen and oxygen atoms in total. The van der Waals surface area contributed by atoms with Crippen LogP contribution < -0.4 is 10.6 Å². The molecule has 0 aliphatic carbocycles. The van der Waals surface area contributed by atoms with E-state index in [1.54, 1.807) is 0 Å². The van der Waals surface area contributed by atoms with Crippen LogP contribution in [0.5, 0.6) is 0 Å². The molecule has 0 radical (unpaired) electrons. The minimum Gasteiger partial charge on any atom is -0.336 e. The molecule has 15 heavy (non-hydrogen) atoms. The van der Waals surface area contributed by atoms with Gasteiger partial charge in [-0.3, -0.25) is 0 Å². The number of aryl methyl sites for hydroxylation is 1. The molecular weight excluding hydrogens is 303 g/mol. The van der Waals surface area contributed by atoms with E-state index in [1.165, 1.54) is 3.57 Å². The lowest BCUT2D eigenvalue weighted by molar-refractivity contribution is 0.250. The number of halogens is 1. The Balaban J connectivity index is 2.68. The van der Waals surface area contributed by atoms with E-state index in [4.69, 9.17) is 0 Å². The predicted octanol–water partition coefficient (Wildman–Crippen LogP) is 3.13. The Hall–Kier alpha value is -0.780. The van der Waals surface area contributed by atoms with E-state index in [-0.39, 0.29) is 12.1 Å². The monoisotopic (exact) mass is 318 g/mol. The number of nitrogens with one attached hydrogen (secondary N) is 2. The topological polar surface area (TPSA) is 41.1 Å². The van der Waals surface area contributed by atoms with E-state index in [0.29, 0.717) is 0 Å².